The van der Waals surface area contributed by atoms with Crippen molar-refractivity contribution in [1.29, 1.82) is 0 Å². The van der Waals surface area contributed by atoms with Gasteiger partial charge in [0.25, 0.3) is 5.69 Å². The maximum absolute atomic E-state index is 11.0. The number of nitro groups is 1. The summed E-state index contributed by atoms with van der Waals surface area (Å²) in [6.45, 7) is 2.07. The fourth-order valence-corrected chi connectivity index (χ4v) is 2.55. The zero-order chi connectivity index (χ0) is 14.1. The number of benzene rings is 2. The summed E-state index contributed by atoms with van der Waals surface area (Å²) in [5, 5.41) is 11.9. The summed E-state index contributed by atoms with van der Waals surface area (Å²) < 4.78 is 0. The molecule has 0 saturated heterocycles. The first-order chi connectivity index (χ1) is 9.70. The van der Waals surface area contributed by atoms with Gasteiger partial charge in [-0.15, -0.1) is 0 Å². The Morgan fingerprint density at radius 1 is 1.15 bits per heavy atom. The third-order valence-electron chi connectivity index (χ3n) is 3.49. The standard InChI is InChI=1S/C16H14N2O2/c1-2-14-16(11-6-4-3-5-7-11)13-10-12(18(19)20)8-9-15(13)17-14/h3-10,17H,2H2,1H3. The molecule has 3 rings (SSSR count). The highest BCUT2D eigenvalue weighted by molar-refractivity contribution is 5.98. The van der Waals surface area contributed by atoms with Gasteiger partial charge in [-0.25, -0.2) is 0 Å². The first kappa shape index (κ1) is 12.4. The van der Waals surface area contributed by atoms with Crippen molar-refractivity contribution in [2.75, 3.05) is 0 Å². The molecule has 0 aliphatic heterocycles. The molecule has 4 nitrogen and oxygen atoms in total. The molecule has 0 unspecified atom stereocenters. The number of nitro benzene ring substituents is 1. The van der Waals surface area contributed by atoms with Gasteiger partial charge in [0.2, 0.25) is 0 Å². The average molecular weight is 266 g/mol. The van der Waals surface area contributed by atoms with E-state index < -0.39 is 0 Å². The number of aromatic amines is 1. The van der Waals surface area contributed by atoms with Crippen LogP contribution in [0.1, 0.15) is 12.6 Å². The van der Waals surface area contributed by atoms with Gasteiger partial charge in [-0.1, -0.05) is 37.3 Å². The molecule has 0 aliphatic carbocycles. The predicted octanol–water partition coefficient (Wildman–Crippen LogP) is 4.31. The Hall–Kier alpha value is -2.62. The van der Waals surface area contributed by atoms with E-state index in [9.17, 15) is 10.1 Å². The molecule has 0 fully saturated rings. The Morgan fingerprint density at radius 3 is 2.55 bits per heavy atom. The van der Waals surface area contributed by atoms with E-state index in [-0.39, 0.29) is 10.6 Å². The van der Waals surface area contributed by atoms with E-state index in [1.54, 1.807) is 12.1 Å². The van der Waals surface area contributed by atoms with Crippen molar-refractivity contribution in [1.82, 2.24) is 4.98 Å². The Morgan fingerprint density at radius 2 is 1.90 bits per heavy atom. The van der Waals surface area contributed by atoms with Crippen LogP contribution in [0.15, 0.2) is 48.5 Å². The fourth-order valence-electron chi connectivity index (χ4n) is 2.55. The van der Waals surface area contributed by atoms with Crippen LogP contribution in [0, 0.1) is 10.1 Å². The van der Waals surface area contributed by atoms with Gasteiger partial charge in [-0.3, -0.25) is 10.1 Å². The summed E-state index contributed by atoms with van der Waals surface area (Å²) in [4.78, 5) is 14.0. The lowest BCUT2D eigenvalue weighted by Gasteiger charge is -2.03. The molecule has 2 aromatic carbocycles. The van der Waals surface area contributed by atoms with Crippen LogP contribution in [0.4, 0.5) is 5.69 Å². The molecule has 1 heterocycles. The number of aromatic nitrogens is 1. The van der Waals surface area contributed by atoms with Crippen molar-refractivity contribution >= 4 is 16.6 Å². The summed E-state index contributed by atoms with van der Waals surface area (Å²) in [6, 6.07) is 14.9. The Balaban J connectivity index is 2.32. The van der Waals surface area contributed by atoms with Crippen molar-refractivity contribution < 1.29 is 4.92 Å². The molecular weight excluding hydrogens is 252 g/mol. The summed E-state index contributed by atoms with van der Waals surface area (Å²) in [5.74, 6) is 0. The first-order valence-corrected chi connectivity index (χ1v) is 6.55. The Labute approximate surface area is 116 Å². The molecule has 0 amide bonds. The summed E-state index contributed by atoms with van der Waals surface area (Å²) in [6.07, 6.45) is 0.854. The molecule has 0 saturated carbocycles. The number of hydrogen-bond acceptors (Lipinski definition) is 2. The monoisotopic (exact) mass is 266 g/mol. The van der Waals surface area contributed by atoms with Crippen molar-refractivity contribution in [3.63, 3.8) is 0 Å². The minimum atomic E-state index is -0.354. The van der Waals surface area contributed by atoms with Crippen LogP contribution in [0.2, 0.25) is 0 Å². The highest BCUT2D eigenvalue weighted by Crippen LogP contribution is 2.34. The average Bonchev–Trinajstić information content (AvgIpc) is 2.85. The summed E-state index contributed by atoms with van der Waals surface area (Å²) in [7, 11) is 0. The van der Waals surface area contributed by atoms with Crippen molar-refractivity contribution in [2.45, 2.75) is 13.3 Å². The van der Waals surface area contributed by atoms with Crippen molar-refractivity contribution in [3.05, 3.63) is 64.3 Å². The number of H-pyrrole nitrogens is 1. The molecular formula is C16H14N2O2. The van der Waals surface area contributed by atoms with E-state index in [0.717, 1.165) is 34.1 Å². The summed E-state index contributed by atoms with van der Waals surface area (Å²) >= 11 is 0. The highest BCUT2D eigenvalue weighted by Gasteiger charge is 2.15. The third-order valence-corrected chi connectivity index (χ3v) is 3.49. The van der Waals surface area contributed by atoms with Crippen LogP contribution < -0.4 is 0 Å². The molecule has 1 aromatic heterocycles. The topological polar surface area (TPSA) is 58.9 Å². The summed E-state index contributed by atoms with van der Waals surface area (Å²) in [5.41, 5.74) is 4.30. The number of nitrogens with one attached hydrogen (secondary N) is 1. The van der Waals surface area contributed by atoms with Crippen LogP contribution in [0.25, 0.3) is 22.0 Å². The van der Waals surface area contributed by atoms with Gasteiger partial charge in [0.15, 0.2) is 0 Å². The maximum atomic E-state index is 11.0. The quantitative estimate of drug-likeness (QED) is 0.567. The van der Waals surface area contributed by atoms with Gasteiger partial charge >= 0.3 is 0 Å². The second kappa shape index (κ2) is 4.81. The SMILES string of the molecule is CCc1[nH]c2ccc([N+](=O)[O-])cc2c1-c1ccccc1. The zero-order valence-electron chi connectivity index (χ0n) is 11.1. The van der Waals surface area contributed by atoms with Gasteiger partial charge in [0, 0.05) is 34.3 Å². The number of fused-ring (bicyclic) bond motifs is 1. The molecule has 1 N–H and O–H groups in total. The zero-order valence-corrected chi connectivity index (χ0v) is 11.1. The molecule has 20 heavy (non-hydrogen) atoms. The van der Waals surface area contributed by atoms with E-state index in [1.165, 1.54) is 6.07 Å². The Bertz CT molecular complexity index is 776. The minimum absolute atomic E-state index is 0.122. The lowest BCUT2D eigenvalue weighted by Crippen LogP contribution is -1.87. The van der Waals surface area contributed by atoms with Gasteiger partial charge < -0.3 is 4.98 Å². The first-order valence-electron chi connectivity index (χ1n) is 6.55. The number of aryl methyl sites for hydroxylation is 1. The van der Waals surface area contributed by atoms with Crippen LogP contribution in [-0.2, 0) is 6.42 Å². The van der Waals surface area contributed by atoms with E-state index in [2.05, 4.69) is 11.9 Å². The van der Waals surface area contributed by atoms with Crippen LogP contribution in [-0.4, -0.2) is 9.91 Å². The van der Waals surface area contributed by atoms with E-state index in [4.69, 9.17) is 0 Å². The number of non-ortho nitro benzene ring substituents is 1. The second-order valence-electron chi connectivity index (χ2n) is 4.69. The molecule has 100 valence electrons. The number of nitrogens with zero attached hydrogens (tertiary/aromatic N) is 1. The minimum Gasteiger partial charge on any atom is -0.358 e. The maximum Gasteiger partial charge on any atom is 0.270 e. The van der Waals surface area contributed by atoms with Gasteiger partial charge in [0.1, 0.15) is 0 Å². The number of hydrogen-bond donors (Lipinski definition) is 1. The van der Waals surface area contributed by atoms with E-state index in [0.29, 0.717) is 0 Å². The van der Waals surface area contributed by atoms with Crippen LogP contribution in [0.3, 0.4) is 0 Å². The molecule has 4 heteroatoms. The Kier molecular flexibility index (Phi) is 2.99. The molecule has 3 aromatic rings. The van der Waals surface area contributed by atoms with E-state index in [1.807, 2.05) is 30.3 Å². The van der Waals surface area contributed by atoms with Gasteiger partial charge in [-0.05, 0) is 18.1 Å². The third kappa shape index (κ3) is 1.95. The smallest absolute Gasteiger partial charge is 0.270 e. The normalized spacial score (nSPS) is 10.8. The van der Waals surface area contributed by atoms with Crippen LogP contribution >= 0.6 is 0 Å². The number of rotatable bonds is 3. The fraction of sp³-hybridized carbons (Fsp3) is 0.125. The molecule has 0 radical (unpaired) electrons. The van der Waals surface area contributed by atoms with Crippen molar-refractivity contribution in [3.8, 4) is 11.1 Å². The largest absolute Gasteiger partial charge is 0.358 e. The van der Waals surface area contributed by atoms with Gasteiger partial charge in [0.05, 0.1) is 4.92 Å². The van der Waals surface area contributed by atoms with Gasteiger partial charge in [-0.2, -0.15) is 0 Å². The molecule has 0 atom stereocenters. The highest BCUT2D eigenvalue weighted by atomic mass is 16.6. The van der Waals surface area contributed by atoms with Crippen molar-refractivity contribution in [2.24, 2.45) is 0 Å². The predicted molar refractivity (Wildman–Crippen MR) is 79.8 cm³/mol. The molecule has 0 spiro atoms. The lowest BCUT2D eigenvalue weighted by atomic mass is 10.0. The van der Waals surface area contributed by atoms with E-state index >= 15 is 0 Å². The van der Waals surface area contributed by atoms with Crippen LogP contribution in [0.5, 0.6) is 0 Å². The second-order valence-corrected chi connectivity index (χ2v) is 4.69. The molecule has 0 aliphatic rings. The lowest BCUT2D eigenvalue weighted by molar-refractivity contribution is -0.384. The molecule has 0 bridgehead atoms.